The van der Waals surface area contributed by atoms with Crippen molar-refractivity contribution < 1.29 is 9.59 Å². The summed E-state index contributed by atoms with van der Waals surface area (Å²) in [4.78, 5) is 33.9. The molecule has 2 heterocycles. The molecule has 5 heteroatoms. The van der Waals surface area contributed by atoms with E-state index in [0.29, 0.717) is 6.54 Å². The van der Waals surface area contributed by atoms with E-state index in [9.17, 15) is 9.59 Å². The predicted molar refractivity (Wildman–Crippen MR) is 120 cm³/mol. The summed E-state index contributed by atoms with van der Waals surface area (Å²) in [6.45, 7) is 0.480. The zero-order chi connectivity index (χ0) is 21.3. The van der Waals surface area contributed by atoms with E-state index in [1.165, 1.54) is 19.3 Å². The highest BCUT2D eigenvalue weighted by atomic mass is 16.2. The molecule has 1 aliphatic heterocycles. The van der Waals surface area contributed by atoms with Crippen molar-refractivity contribution in [1.82, 2.24) is 15.2 Å². The maximum absolute atomic E-state index is 13.8. The third-order valence-corrected chi connectivity index (χ3v) is 7.63. The third-order valence-electron chi connectivity index (χ3n) is 7.63. The molecule has 0 bridgehead atoms. The van der Waals surface area contributed by atoms with Crippen LogP contribution in [0.25, 0.3) is 0 Å². The molecule has 2 fully saturated rings. The Hall–Kier alpha value is -2.69. The van der Waals surface area contributed by atoms with Crippen LogP contribution < -0.4 is 5.32 Å². The molecular formula is C26H31N3O2. The van der Waals surface area contributed by atoms with E-state index in [-0.39, 0.29) is 23.8 Å². The average Bonchev–Trinajstić information content (AvgIpc) is 3.33. The van der Waals surface area contributed by atoms with E-state index in [1.54, 1.807) is 12.4 Å². The van der Waals surface area contributed by atoms with Gasteiger partial charge in [-0.2, -0.15) is 0 Å². The molecular weight excluding hydrogens is 386 g/mol. The normalized spacial score (nSPS) is 23.0. The van der Waals surface area contributed by atoms with Crippen molar-refractivity contribution in [3.05, 3.63) is 65.5 Å². The first-order valence-corrected chi connectivity index (χ1v) is 11.8. The number of benzene rings is 1. The number of fused-ring (bicyclic) bond motifs is 1. The molecule has 1 atom stereocenters. The highest BCUT2D eigenvalue weighted by Crippen LogP contribution is 2.51. The molecule has 2 amide bonds. The van der Waals surface area contributed by atoms with E-state index in [1.807, 2.05) is 36.4 Å². The number of carbonyl (C=O) groups is 2. The smallest absolute Gasteiger partial charge is 0.254 e. The average molecular weight is 418 g/mol. The number of aromatic nitrogens is 1. The van der Waals surface area contributed by atoms with Crippen molar-refractivity contribution in [1.29, 1.82) is 0 Å². The SMILES string of the molecule is O=C(NCc1ccncc1)[C@H]1c2ccccc2C(=O)N(C2CCCC2)C12CCCCC2. The van der Waals surface area contributed by atoms with Crippen LogP contribution in [-0.2, 0) is 11.3 Å². The Labute approximate surface area is 184 Å². The number of nitrogens with one attached hydrogen (secondary N) is 1. The molecule has 3 aliphatic rings. The summed E-state index contributed by atoms with van der Waals surface area (Å²) in [5.74, 6) is -0.131. The first-order chi connectivity index (χ1) is 15.2. The summed E-state index contributed by atoms with van der Waals surface area (Å²) in [5, 5.41) is 3.20. The van der Waals surface area contributed by atoms with Crippen molar-refractivity contribution in [2.75, 3.05) is 0 Å². The van der Waals surface area contributed by atoms with Gasteiger partial charge in [-0.05, 0) is 55.0 Å². The van der Waals surface area contributed by atoms with Gasteiger partial charge < -0.3 is 10.2 Å². The van der Waals surface area contributed by atoms with E-state index < -0.39 is 5.54 Å². The van der Waals surface area contributed by atoms with Gasteiger partial charge in [0.05, 0.1) is 11.5 Å². The van der Waals surface area contributed by atoms with E-state index in [2.05, 4.69) is 15.2 Å². The summed E-state index contributed by atoms with van der Waals surface area (Å²) < 4.78 is 0. The van der Waals surface area contributed by atoms with Crippen LogP contribution in [0.3, 0.4) is 0 Å². The van der Waals surface area contributed by atoms with E-state index in [4.69, 9.17) is 0 Å². The first kappa shape index (κ1) is 20.2. The number of hydrogen-bond donors (Lipinski definition) is 1. The van der Waals surface area contributed by atoms with Crippen LogP contribution in [0.1, 0.15) is 85.2 Å². The molecule has 0 radical (unpaired) electrons. The Balaban J connectivity index is 1.56. The second kappa shape index (κ2) is 8.45. The van der Waals surface area contributed by atoms with Crippen LogP contribution >= 0.6 is 0 Å². The number of amides is 2. The molecule has 0 saturated heterocycles. The van der Waals surface area contributed by atoms with Crippen LogP contribution in [0.2, 0.25) is 0 Å². The van der Waals surface area contributed by atoms with Crippen molar-refractivity contribution in [3.63, 3.8) is 0 Å². The molecule has 0 unspecified atom stereocenters. The van der Waals surface area contributed by atoms with Gasteiger partial charge >= 0.3 is 0 Å². The molecule has 5 nitrogen and oxygen atoms in total. The number of carbonyl (C=O) groups excluding carboxylic acids is 2. The molecule has 2 aromatic rings. The molecule has 5 rings (SSSR count). The fourth-order valence-corrected chi connectivity index (χ4v) is 6.27. The standard InChI is InChI=1S/C26H31N3O2/c30-24(28-18-19-12-16-27-17-13-19)23-21-10-4-5-11-22(21)25(31)29(20-8-2-3-9-20)26(23)14-6-1-7-15-26/h4-5,10-13,16-17,20,23H,1-3,6-9,14-15,18H2,(H,28,30)/t23-/m1/s1. The zero-order valence-corrected chi connectivity index (χ0v) is 18.1. The minimum Gasteiger partial charge on any atom is -0.351 e. The Morgan fingerprint density at radius 1 is 1.00 bits per heavy atom. The van der Waals surface area contributed by atoms with Crippen LogP contribution in [0.4, 0.5) is 0 Å². The molecule has 1 aromatic carbocycles. The molecule has 2 saturated carbocycles. The summed E-state index contributed by atoms with van der Waals surface area (Å²) in [6.07, 6.45) is 13.1. The second-order valence-corrected chi connectivity index (χ2v) is 9.37. The Bertz CT molecular complexity index is 946. The first-order valence-electron chi connectivity index (χ1n) is 11.8. The number of pyridine rings is 1. The van der Waals surface area contributed by atoms with Gasteiger partial charge in [0.1, 0.15) is 0 Å². The zero-order valence-electron chi connectivity index (χ0n) is 18.1. The predicted octanol–water partition coefficient (Wildman–Crippen LogP) is 4.58. The van der Waals surface area contributed by atoms with Crippen LogP contribution in [0.5, 0.6) is 0 Å². The Morgan fingerprint density at radius 2 is 1.71 bits per heavy atom. The van der Waals surface area contributed by atoms with E-state index >= 15 is 0 Å². The van der Waals surface area contributed by atoms with Crippen LogP contribution in [0.15, 0.2) is 48.8 Å². The number of rotatable bonds is 4. The molecule has 162 valence electrons. The molecule has 31 heavy (non-hydrogen) atoms. The lowest BCUT2D eigenvalue weighted by Crippen LogP contribution is -2.65. The van der Waals surface area contributed by atoms with E-state index in [0.717, 1.165) is 55.2 Å². The molecule has 1 N–H and O–H groups in total. The summed E-state index contributed by atoms with van der Waals surface area (Å²) in [5.41, 5.74) is 2.26. The van der Waals surface area contributed by atoms with Crippen LogP contribution in [-0.4, -0.2) is 33.3 Å². The van der Waals surface area contributed by atoms with Gasteiger partial charge in [0.25, 0.3) is 5.91 Å². The molecule has 2 aliphatic carbocycles. The molecule has 1 aromatic heterocycles. The quantitative estimate of drug-likeness (QED) is 0.792. The number of nitrogens with zero attached hydrogens (tertiary/aromatic N) is 2. The summed E-state index contributed by atoms with van der Waals surface area (Å²) >= 11 is 0. The fraction of sp³-hybridized carbons (Fsp3) is 0.500. The van der Waals surface area contributed by atoms with Gasteiger partial charge in [0.2, 0.25) is 5.91 Å². The van der Waals surface area contributed by atoms with Gasteiger partial charge in [-0.1, -0.05) is 50.3 Å². The largest absolute Gasteiger partial charge is 0.351 e. The third kappa shape index (κ3) is 3.54. The van der Waals surface area contributed by atoms with Gasteiger partial charge in [-0.3, -0.25) is 14.6 Å². The lowest BCUT2D eigenvalue weighted by atomic mass is 9.64. The fourth-order valence-electron chi connectivity index (χ4n) is 6.27. The van der Waals surface area contributed by atoms with Crippen molar-refractivity contribution in [2.45, 2.75) is 81.8 Å². The highest BCUT2D eigenvalue weighted by Gasteiger charge is 2.56. The summed E-state index contributed by atoms with van der Waals surface area (Å²) in [7, 11) is 0. The van der Waals surface area contributed by atoms with Crippen molar-refractivity contribution in [2.24, 2.45) is 0 Å². The highest BCUT2D eigenvalue weighted by molar-refractivity contribution is 6.02. The second-order valence-electron chi connectivity index (χ2n) is 9.37. The van der Waals surface area contributed by atoms with Gasteiger partial charge in [0, 0.05) is 30.5 Å². The number of hydrogen-bond acceptors (Lipinski definition) is 3. The maximum Gasteiger partial charge on any atom is 0.254 e. The summed E-state index contributed by atoms with van der Waals surface area (Å²) in [6, 6.07) is 11.9. The Kier molecular flexibility index (Phi) is 5.51. The van der Waals surface area contributed by atoms with Crippen molar-refractivity contribution >= 4 is 11.8 Å². The minimum absolute atomic E-state index is 0.0432. The van der Waals surface area contributed by atoms with Crippen molar-refractivity contribution in [3.8, 4) is 0 Å². The van der Waals surface area contributed by atoms with Gasteiger partial charge in [-0.15, -0.1) is 0 Å². The monoisotopic (exact) mass is 417 g/mol. The topological polar surface area (TPSA) is 62.3 Å². The van der Waals surface area contributed by atoms with Crippen LogP contribution in [0, 0.1) is 0 Å². The minimum atomic E-state index is -0.402. The Morgan fingerprint density at radius 3 is 2.45 bits per heavy atom. The lowest BCUT2D eigenvalue weighted by Gasteiger charge is -2.56. The van der Waals surface area contributed by atoms with Gasteiger partial charge in [-0.25, -0.2) is 0 Å². The maximum atomic E-state index is 13.8. The van der Waals surface area contributed by atoms with Gasteiger partial charge in [0.15, 0.2) is 0 Å². The molecule has 1 spiro atoms. The lowest BCUT2D eigenvalue weighted by molar-refractivity contribution is -0.128.